The zero-order valence-corrected chi connectivity index (χ0v) is 12.8. The minimum absolute atomic E-state index is 0.236. The van der Waals surface area contributed by atoms with Crippen LogP contribution in [0.4, 0.5) is 4.79 Å². The van der Waals surface area contributed by atoms with E-state index in [0.717, 1.165) is 31.2 Å². The van der Waals surface area contributed by atoms with Crippen molar-refractivity contribution in [3.63, 3.8) is 0 Å². The molecule has 0 saturated heterocycles. The lowest BCUT2D eigenvalue weighted by Gasteiger charge is -2.37. The van der Waals surface area contributed by atoms with Gasteiger partial charge in [0.05, 0.1) is 0 Å². The van der Waals surface area contributed by atoms with Crippen LogP contribution in [0.1, 0.15) is 37.7 Å². The zero-order valence-electron chi connectivity index (χ0n) is 12.8. The van der Waals surface area contributed by atoms with E-state index in [-0.39, 0.29) is 17.9 Å². The molecule has 0 aromatic heterocycles. The number of alkyl carbamates (subject to hydrolysis) is 1. The van der Waals surface area contributed by atoms with Crippen molar-refractivity contribution in [2.24, 2.45) is 17.8 Å². The molecule has 2 aliphatic rings. The molecule has 4 nitrogen and oxygen atoms in total. The lowest BCUT2D eigenvalue weighted by molar-refractivity contribution is -0.133. The molecular weight excluding hydrogens is 278 g/mol. The average Bonchev–Trinajstić information content (AvgIpc) is 2.52. The van der Waals surface area contributed by atoms with Gasteiger partial charge < -0.3 is 10.1 Å². The molecule has 3 rings (SSSR count). The van der Waals surface area contributed by atoms with E-state index in [2.05, 4.69) is 5.32 Å². The van der Waals surface area contributed by atoms with Gasteiger partial charge in [0.25, 0.3) is 0 Å². The van der Waals surface area contributed by atoms with Crippen LogP contribution in [-0.4, -0.2) is 18.4 Å². The molecule has 0 radical (unpaired) electrons. The summed E-state index contributed by atoms with van der Waals surface area (Å²) in [6.07, 6.45) is 4.73. The number of ether oxygens (including phenoxy) is 1. The summed E-state index contributed by atoms with van der Waals surface area (Å²) in [5.41, 5.74) is 0.982. The minimum Gasteiger partial charge on any atom is -0.445 e. The van der Waals surface area contributed by atoms with E-state index in [1.807, 2.05) is 30.3 Å². The molecule has 2 saturated carbocycles. The largest absolute Gasteiger partial charge is 0.445 e. The third kappa shape index (κ3) is 3.67. The van der Waals surface area contributed by atoms with Crippen LogP contribution in [-0.2, 0) is 16.1 Å². The third-order valence-electron chi connectivity index (χ3n) is 4.89. The third-order valence-corrected chi connectivity index (χ3v) is 4.89. The average molecular weight is 301 g/mol. The van der Waals surface area contributed by atoms with Crippen molar-refractivity contribution in [1.82, 2.24) is 5.32 Å². The standard InChI is InChI=1S/C18H23NO3/c20-17-15-7-4-8-16(17)10-14(9-15)11-19-18(21)22-12-13-5-2-1-3-6-13/h1-3,5-6,14-16H,4,7-12H2,(H,19,21)/t14?,15-,16+. The zero-order chi connectivity index (χ0) is 15.4. The number of Topliss-reactive ketones (excluding diaryl/α,β-unsaturated/α-hetero) is 1. The van der Waals surface area contributed by atoms with Gasteiger partial charge in [-0.2, -0.15) is 0 Å². The van der Waals surface area contributed by atoms with E-state index in [1.165, 1.54) is 6.42 Å². The molecule has 0 heterocycles. The molecule has 1 aromatic rings. The lowest BCUT2D eigenvalue weighted by atomic mass is 9.67. The fraction of sp³-hybridized carbons (Fsp3) is 0.556. The molecular formula is C18H23NO3. The quantitative estimate of drug-likeness (QED) is 0.928. The van der Waals surface area contributed by atoms with E-state index in [1.54, 1.807) is 0 Å². The summed E-state index contributed by atoms with van der Waals surface area (Å²) in [6.45, 7) is 0.912. The Hall–Kier alpha value is -1.84. The van der Waals surface area contributed by atoms with Gasteiger partial charge in [0, 0.05) is 18.4 Å². The second-order valence-electron chi connectivity index (χ2n) is 6.51. The first-order valence-corrected chi connectivity index (χ1v) is 8.20. The predicted molar refractivity (Wildman–Crippen MR) is 83.2 cm³/mol. The molecule has 2 bridgehead atoms. The van der Waals surface area contributed by atoms with Crippen LogP contribution in [0, 0.1) is 17.8 Å². The summed E-state index contributed by atoms with van der Waals surface area (Å²) in [5.74, 6) is 1.35. The summed E-state index contributed by atoms with van der Waals surface area (Å²) in [5, 5.41) is 2.85. The second-order valence-corrected chi connectivity index (χ2v) is 6.51. The van der Waals surface area contributed by atoms with Gasteiger partial charge in [-0.1, -0.05) is 36.8 Å². The Bertz CT molecular complexity index is 512. The van der Waals surface area contributed by atoms with Crippen LogP contribution in [0.2, 0.25) is 0 Å². The monoisotopic (exact) mass is 301 g/mol. The highest BCUT2D eigenvalue weighted by Crippen LogP contribution is 2.39. The molecule has 0 spiro atoms. The normalized spacial score (nSPS) is 27.3. The van der Waals surface area contributed by atoms with Crippen molar-refractivity contribution < 1.29 is 14.3 Å². The first-order chi connectivity index (χ1) is 10.7. The summed E-state index contributed by atoms with van der Waals surface area (Å²) in [4.78, 5) is 23.8. The number of hydrogen-bond donors (Lipinski definition) is 1. The number of nitrogens with one attached hydrogen (secondary N) is 1. The van der Waals surface area contributed by atoms with Crippen molar-refractivity contribution in [3.8, 4) is 0 Å². The van der Waals surface area contributed by atoms with Gasteiger partial charge in [-0.25, -0.2) is 4.79 Å². The van der Waals surface area contributed by atoms with Crippen LogP contribution in [0.3, 0.4) is 0 Å². The number of amides is 1. The maximum atomic E-state index is 12.0. The molecule has 3 atom stereocenters. The Morgan fingerprint density at radius 1 is 1.14 bits per heavy atom. The SMILES string of the molecule is O=C(NCC1C[C@H]2CCC[C@@H](C1)C2=O)OCc1ccccc1. The maximum absolute atomic E-state index is 12.0. The van der Waals surface area contributed by atoms with E-state index in [4.69, 9.17) is 4.74 Å². The fourth-order valence-electron chi connectivity index (χ4n) is 3.77. The topological polar surface area (TPSA) is 55.4 Å². The maximum Gasteiger partial charge on any atom is 0.407 e. The van der Waals surface area contributed by atoms with Crippen LogP contribution >= 0.6 is 0 Å². The van der Waals surface area contributed by atoms with Crippen molar-refractivity contribution in [3.05, 3.63) is 35.9 Å². The molecule has 1 amide bonds. The molecule has 2 aliphatic carbocycles. The van der Waals surface area contributed by atoms with Crippen LogP contribution in [0.5, 0.6) is 0 Å². The van der Waals surface area contributed by atoms with Gasteiger partial charge in [0.1, 0.15) is 12.4 Å². The molecule has 1 N–H and O–H groups in total. The Morgan fingerprint density at radius 2 is 1.82 bits per heavy atom. The van der Waals surface area contributed by atoms with Gasteiger partial charge in [0.2, 0.25) is 0 Å². The summed E-state index contributed by atoms with van der Waals surface area (Å²) >= 11 is 0. The van der Waals surface area contributed by atoms with Crippen molar-refractivity contribution >= 4 is 11.9 Å². The number of ketones is 1. The molecule has 2 fully saturated rings. The Labute approximate surface area is 131 Å². The molecule has 118 valence electrons. The fourth-order valence-corrected chi connectivity index (χ4v) is 3.77. The first-order valence-electron chi connectivity index (χ1n) is 8.20. The lowest BCUT2D eigenvalue weighted by Crippen LogP contribution is -2.40. The molecule has 1 unspecified atom stereocenters. The van der Waals surface area contributed by atoms with E-state index in [0.29, 0.717) is 24.9 Å². The molecule has 1 aromatic carbocycles. The van der Waals surface area contributed by atoms with Crippen molar-refractivity contribution in [1.29, 1.82) is 0 Å². The van der Waals surface area contributed by atoms with Crippen molar-refractivity contribution in [2.45, 2.75) is 38.7 Å². The van der Waals surface area contributed by atoms with Crippen molar-refractivity contribution in [2.75, 3.05) is 6.54 Å². The van der Waals surface area contributed by atoms with Gasteiger partial charge in [-0.15, -0.1) is 0 Å². The van der Waals surface area contributed by atoms with Gasteiger partial charge >= 0.3 is 6.09 Å². The van der Waals surface area contributed by atoms with Gasteiger partial charge in [0.15, 0.2) is 0 Å². The Balaban J connectivity index is 1.41. The highest BCUT2D eigenvalue weighted by molar-refractivity contribution is 5.84. The summed E-state index contributed by atoms with van der Waals surface area (Å²) in [7, 11) is 0. The smallest absolute Gasteiger partial charge is 0.407 e. The van der Waals surface area contributed by atoms with E-state index < -0.39 is 0 Å². The molecule has 4 heteroatoms. The Kier molecular flexibility index (Phi) is 4.76. The molecule has 0 aliphatic heterocycles. The van der Waals surface area contributed by atoms with Crippen LogP contribution in [0.15, 0.2) is 30.3 Å². The van der Waals surface area contributed by atoms with Crippen LogP contribution in [0.25, 0.3) is 0 Å². The second kappa shape index (κ2) is 6.95. The molecule has 22 heavy (non-hydrogen) atoms. The number of fused-ring (bicyclic) bond motifs is 2. The summed E-state index contributed by atoms with van der Waals surface area (Å²) < 4.78 is 5.22. The van der Waals surface area contributed by atoms with Gasteiger partial charge in [-0.3, -0.25) is 4.79 Å². The number of carbonyl (C=O) groups excluding carboxylic acids is 2. The highest BCUT2D eigenvalue weighted by Gasteiger charge is 2.38. The van der Waals surface area contributed by atoms with E-state index >= 15 is 0 Å². The summed E-state index contributed by atoms with van der Waals surface area (Å²) in [6, 6.07) is 9.65. The number of rotatable bonds is 4. The Morgan fingerprint density at radius 3 is 2.50 bits per heavy atom. The number of carbonyl (C=O) groups is 2. The number of hydrogen-bond acceptors (Lipinski definition) is 3. The van der Waals surface area contributed by atoms with Crippen LogP contribution < -0.4 is 5.32 Å². The van der Waals surface area contributed by atoms with Gasteiger partial charge in [-0.05, 0) is 37.2 Å². The minimum atomic E-state index is -0.370. The first kappa shape index (κ1) is 15.1. The highest BCUT2D eigenvalue weighted by atomic mass is 16.5. The van der Waals surface area contributed by atoms with E-state index in [9.17, 15) is 9.59 Å². The predicted octanol–water partition coefficient (Wildman–Crippen LogP) is 3.31. The number of benzene rings is 1.